The zero-order valence-electron chi connectivity index (χ0n) is 22.0. The number of allylic oxidation sites excluding steroid dienone is 4. The second-order valence-electron chi connectivity index (χ2n) is 11.4. The first-order chi connectivity index (χ1) is 18.7. The minimum atomic E-state index is -1.45. The van der Waals surface area contributed by atoms with E-state index in [1.165, 1.54) is 31.1 Å². The van der Waals surface area contributed by atoms with Crippen molar-refractivity contribution in [1.82, 2.24) is 9.97 Å². The Kier molecular flexibility index (Phi) is 5.93. The molecule has 2 aliphatic rings. The normalized spacial score (nSPS) is 21.2. The molecule has 196 valence electrons. The molecule has 0 radical (unpaired) electrons. The van der Waals surface area contributed by atoms with E-state index in [1.807, 2.05) is 30.3 Å². The Morgan fingerprint density at radius 1 is 1.13 bits per heavy atom. The van der Waals surface area contributed by atoms with Gasteiger partial charge in [-0.25, -0.2) is 9.37 Å². The van der Waals surface area contributed by atoms with Crippen LogP contribution in [0.1, 0.15) is 44.5 Å². The van der Waals surface area contributed by atoms with Crippen LogP contribution in [0.4, 0.5) is 4.39 Å². The lowest BCUT2D eigenvalue weighted by molar-refractivity contribution is 0.0810. The van der Waals surface area contributed by atoms with Gasteiger partial charge in [-0.3, -0.25) is 0 Å². The quantitative estimate of drug-likeness (QED) is 0.264. The van der Waals surface area contributed by atoms with Crippen LogP contribution < -0.4 is 4.74 Å². The average Bonchev–Trinajstić information content (AvgIpc) is 3.62. The summed E-state index contributed by atoms with van der Waals surface area (Å²) in [6, 6.07) is 16.3. The number of hydrogen-bond donors (Lipinski definition) is 2. The number of nitrogens with zero attached hydrogens (tertiary/aromatic N) is 3. The maximum absolute atomic E-state index is 14.0. The topological polar surface area (TPSA) is 106 Å². The molecule has 0 amide bonds. The minimum absolute atomic E-state index is 0.297. The zero-order valence-corrected chi connectivity index (χ0v) is 22.0. The van der Waals surface area contributed by atoms with E-state index in [0.29, 0.717) is 24.4 Å². The van der Waals surface area contributed by atoms with E-state index in [-0.39, 0.29) is 0 Å². The summed E-state index contributed by atoms with van der Waals surface area (Å²) in [6.07, 6.45) is 7.90. The zero-order chi connectivity index (χ0) is 27.4. The van der Waals surface area contributed by atoms with Crippen LogP contribution in [-0.4, -0.2) is 27.3 Å². The van der Waals surface area contributed by atoms with Gasteiger partial charge in [-0.15, -0.1) is 0 Å². The first-order valence-corrected chi connectivity index (χ1v) is 13.3. The first-order valence-electron chi connectivity index (χ1n) is 13.3. The maximum Gasteiger partial charge on any atom is 0.152 e. The summed E-state index contributed by atoms with van der Waals surface area (Å²) in [5.41, 5.74) is 0.0769. The summed E-state index contributed by atoms with van der Waals surface area (Å²) in [6.45, 7) is 4.24. The van der Waals surface area contributed by atoms with Crippen molar-refractivity contribution in [1.29, 1.82) is 10.5 Å². The van der Waals surface area contributed by atoms with Gasteiger partial charge in [-0.05, 0) is 72.9 Å². The van der Waals surface area contributed by atoms with Crippen LogP contribution in [0.2, 0.25) is 0 Å². The summed E-state index contributed by atoms with van der Waals surface area (Å²) in [5, 5.41) is 34.2. The lowest BCUT2D eigenvalue weighted by Gasteiger charge is -2.25. The number of imidazole rings is 1. The summed E-state index contributed by atoms with van der Waals surface area (Å²) < 4.78 is 20.1. The van der Waals surface area contributed by atoms with Crippen molar-refractivity contribution < 1.29 is 14.2 Å². The van der Waals surface area contributed by atoms with E-state index < -0.39 is 22.8 Å². The molecule has 6 rings (SSSR count). The monoisotopic (exact) mass is 520 g/mol. The number of aromatic nitrogens is 2. The lowest BCUT2D eigenvalue weighted by Crippen LogP contribution is -2.33. The molecular formula is C32H29FN4O2. The predicted molar refractivity (Wildman–Crippen MR) is 149 cm³/mol. The fraction of sp³-hybridized carbons (Fsp3) is 0.344. The molecule has 1 saturated carbocycles. The number of nitriles is 2. The Balaban J connectivity index is 1.56. The van der Waals surface area contributed by atoms with Crippen molar-refractivity contribution in [2.75, 3.05) is 6.61 Å². The van der Waals surface area contributed by atoms with E-state index in [9.17, 15) is 20.0 Å². The Morgan fingerprint density at radius 2 is 1.90 bits per heavy atom. The van der Waals surface area contributed by atoms with Crippen molar-refractivity contribution in [2.24, 2.45) is 11.8 Å². The highest BCUT2D eigenvalue weighted by molar-refractivity contribution is 6.23. The van der Waals surface area contributed by atoms with Crippen LogP contribution in [0.25, 0.3) is 32.6 Å². The average molecular weight is 521 g/mol. The van der Waals surface area contributed by atoms with Crippen LogP contribution in [0.5, 0.6) is 5.75 Å². The number of benzene rings is 3. The van der Waals surface area contributed by atoms with Crippen LogP contribution in [0, 0.1) is 34.5 Å². The Hall–Kier alpha value is -4.20. The van der Waals surface area contributed by atoms with Crippen LogP contribution in [-0.2, 0) is 11.8 Å². The van der Waals surface area contributed by atoms with Crippen molar-refractivity contribution in [3.8, 4) is 17.9 Å². The maximum atomic E-state index is 14.0. The van der Waals surface area contributed by atoms with Gasteiger partial charge in [0.25, 0.3) is 0 Å². The first kappa shape index (κ1) is 25.1. The van der Waals surface area contributed by atoms with E-state index in [2.05, 4.69) is 23.2 Å². The molecule has 4 aromatic rings. The summed E-state index contributed by atoms with van der Waals surface area (Å²) >= 11 is 0. The Morgan fingerprint density at radius 3 is 2.62 bits per heavy atom. The molecule has 6 nitrogen and oxygen atoms in total. The van der Waals surface area contributed by atoms with E-state index >= 15 is 0 Å². The van der Waals surface area contributed by atoms with Crippen molar-refractivity contribution >= 4 is 32.6 Å². The fourth-order valence-electron chi connectivity index (χ4n) is 5.58. The third-order valence-corrected chi connectivity index (χ3v) is 7.76. The number of halogens is 1. The highest BCUT2D eigenvalue weighted by Crippen LogP contribution is 2.42. The number of fused-ring (bicyclic) bond motifs is 6. The predicted octanol–water partition coefficient (Wildman–Crippen LogP) is 6.69. The molecule has 1 aromatic heterocycles. The number of aromatic amines is 1. The van der Waals surface area contributed by atoms with Gasteiger partial charge >= 0.3 is 0 Å². The number of hydrogen-bond acceptors (Lipinski definition) is 5. The third-order valence-electron chi connectivity index (χ3n) is 7.76. The lowest BCUT2D eigenvalue weighted by atomic mass is 9.73. The van der Waals surface area contributed by atoms with Crippen molar-refractivity contribution in [3.63, 3.8) is 0 Å². The van der Waals surface area contributed by atoms with Gasteiger partial charge in [0.2, 0.25) is 0 Å². The Bertz CT molecular complexity index is 1760. The standard InChI is InChI=1S/C32H29FN4O2/c1-31(2,38)16-20-5-7-24-26(13-20)27-15-23(39-12-10-19-3-4-19)6-8-25(27)29-28(24)36-30(37-29)32(18-35)11-9-22(33)14-21(32)17-34/h5-9,11,13-15,19,21,38H,3-4,10,12,16H2,1-2H3,(H,36,37). The van der Waals surface area contributed by atoms with E-state index in [1.54, 1.807) is 13.8 Å². The minimum Gasteiger partial charge on any atom is -0.494 e. The summed E-state index contributed by atoms with van der Waals surface area (Å²) in [5.74, 6) is 0.273. The second kappa shape index (κ2) is 9.22. The van der Waals surface area contributed by atoms with Gasteiger partial charge in [0, 0.05) is 17.2 Å². The highest BCUT2D eigenvalue weighted by Gasteiger charge is 2.43. The van der Waals surface area contributed by atoms with Gasteiger partial charge in [-0.2, -0.15) is 10.5 Å². The fourth-order valence-corrected chi connectivity index (χ4v) is 5.58. The van der Waals surface area contributed by atoms with Gasteiger partial charge in [-0.1, -0.05) is 37.1 Å². The molecular weight excluding hydrogens is 491 g/mol. The van der Waals surface area contributed by atoms with Gasteiger partial charge < -0.3 is 14.8 Å². The molecule has 3 aromatic carbocycles. The second-order valence-corrected chi connectivity index (χ2v) is 11.4. The number of nitrogens with one attached hydrogen (secondary N) is 1. The summed E-state index contributed by atoms with van der Waals surface area (Å²) in [4.78, 5) is 8.21. The molecule has 0 saturated heterocycles. The smallest absolute Gasteiger partial charge is 0.152 e. The summed E-state index contributed by atoms with van der Waals surface area (Å²) in [7, 11) is 0. The SMILES string of the molecule is CC(C)(O)Cc1ccc2c(c1)c1cc(OCCC3CC3)ccc1c1nc(C3(C#N)C=CC(F)=CC3C#N)[nH]c21. The van der Waals surface area contributed by atoms with Crippen LogP contribution in [0.15, 0.2) is 60.5 Å². The molecule has 2 atom stereocenters. The molecule has 7 heteroatoms. The number of H-pyrrole nitrogens is 1. The van der Waals surface area contributed by atoms with Crippen LogP contribution >= 0.6 is 0 Å². The molecule has 0 bridgehead atoms. The van der Waals surface area contributed by atoms with Crippen molar-refractivity contribution in [3.05, 3.63) is 71.8 Å². The molecule has 2 unspecified atom stereocenters. The van der Waals surface area contributed by atoms with Crippen molar-refractivity contribution in [2.45, 2.75) is 50.5 Å². The number of aliphatic hydroxyl groups is 1. The molecule has 2 N–H and O–H groups in total. The molecule has 2 aliphatic carbocycles. The number of rotatable bonds is 7. The van der Waals surface area contributed by atoms with E-state index in [0.717, 1.165) is 50.7 Å². The van der Waals surface area contributed by atoms with Gasteiger partial charge in [0.05, 0.1) is 41.3 Å². The molecule has 1 fully saturated rings. The van der Waals surface area contributed by atoms with Gasteiger partial charge in [0.15, 0.2) is 5.41 Å². The molecule has 0 spiro atoms. The highest BCUT2D eigenvalue weighted by atomic mass is 19.1. The van der Waals surface area contributed by atoms with Gasteiger partial charge in [0.1, 0.15) is 17.4 Å². The van der Waals surface area contributed by atoms with E-state index in [4.69, 9.17) is 9.72 Å². The molecule has 39 heavy (non-hydrogen) atoms. The largest absolute Gasteiger partial charge is 0.494 e. The van der Waals surface area contributed by atoms with Crippen LogP contribution in [0.3, 0.4) is 0 Å². The number of ether oxygens (including phenoxy) is 1. The molecule has 1 heterocycles. The Labute approximate surface area is 226 Å². The molecule has 0 aliphatic heterocycles. The third kappa shape index (κ3) is 4.54.